The molecule has 0 aliphatic heterocycles. The summed E-state index contributed by atoms with van der Waals surface area (Å²) in [5.41, 5.74) is 0. The van der Waals surface area contributed by atoms with Crippen molar-refractivity contribution in [3.05, 3.63) is 62.5 Å². The minimum absolute atomic E-state index is 0.146. The predicted octanol–water partition coefficient (Wildman–Crippen LogP) is 3.62. The van der Waals surface area contributed by atoms with Gasteiger partial charge in [-0.2, -0.15) is 0 Å². The van der Waals surface area contributed by atoms with Crippen molar-refractivity contribution < 1.29 is 17.9 Å². The predicted molar refractivity (Wildman–Crippen MR) is 90.4 cm³/mol. The first-order valence-electron chi connectivity index (χ1n) is 6.51. The Hall–Kier alpha value is -1.16. The van der Waals surface area contributed by atoms with Crippen LogP contribution in [0.4, 0.5) is 0 Å². The summed E-state index contributed by atoms with van der Waals surface area (Å²) < 4.78 is 32.5. The zero-order valence-corrected chi connectivity index (χ0v) is 14.8. The maximum absolute atomic E-state index is 12.1. The van der Waals surface area contributed by atoms with Gasteiger partial charge in [-0.3, -0.25) is 0 Å². The molecular weight excluding hydrogens is 378 g/mol. The van der Waals surface area contributed by atoms with Gasteiger partial charge < -0.3 is 9.52 Å². The molecule has 0 aliphatic carbocycles. The Bertz CT molecular complexity index is 883. The van der Waals surface area contributed by atoms with Gasteiger partial charge in [0.2, 0.25) is 10.0 Å². The van der Waals surface area contributed by atoms with Crippen molar-refractivity contribution in [3.8, 4) is 0 Å². The molecule has 0 aromatic carbocycles. The zero-order valence-electron chi connectivity index (χ0n) is 11.6. The van der Waals surface area contributed by atoms with Gasteiger partial charge in [0.05, 0.1) is 10.6 Å². The smallest absolute Gasteiger partial charge is 0.250 e. The molecule has 0 saturated carbocycles. The third kappa shape index (κ3) is 3.85. The fraction of sp³-hybridized carbons (Fsp3) is 0.143. The Morgan fingerprint density at radius 3 is 2.70 bits per heavy atom. The maximum Gasteiger partial charge on any atom is 0.250 e. The van der Waals surface area contributed by atoms with Crippen molar-refractivity contribution in [3.63, 3.8) is 0 Å². The number of hydrogen-bond acceptors (Lipinski definition) is 6. The van der Waals surface area contributed by atoms with E-state index in [-0.39, 0.29) is 10.8 Å². The largest absolute Gasteiger partial charge is 0.466 e. The fourth-order valence-corrected chi connectivity index (χ4v) is 5.48. The summed E-state index contributed by atoms with van der Waals surface area (Å²) in [5.74, 6) is 0.451. The second kappa shape index (κ2) is 6.76. The molecule has 3 heterocycles. The highest BCUT2D eigenvalue weighted by Crippen LogP contribution is 2.29. The van der Waals surface area contributed by atoms with Gasteiger partial charge in [0, 0.05) is 16.3 Å². The molecule has 0 aliphatic rings. The number of nitrogens with one attached hydrogen (secondary N) is 1. The number of hydrogen-bond donors (Lipinski definition) is 2. The lowest BCUT2D eigenvalue weighted by atomic mass is 10.2. The van der Waals surface area contributed by atoms with Crippen molar-refractivity contribution in [2.75, 3.05) is 0 Å². The molecule has 0 spiro atoms. The Morgan fingerprint density at radius 1 is 1.22 bits per heavy atom. The van der Waals surface area contributed by atoms with Crippen LogP contribution in [0.3, 0.4) is 0 Å². The number of sulfonamides is 1. The molecule has 1 atom stereocenters. The molecule has 0 fully saturated rings. The van der Waals surface area contributed by atoms with Gasteiger partial charge in [-0.25, -0.2) is 13.1 Å². The van der Waals surface area contributed by atoms with Crippen LogP contribution in [0.2, 0.25) is 4.34 Å². The van der Waals surface area contributed by atoms with E-state index in [4.69, 9.17) is 16.0 Å². The Balaban J connectivity index is 1.68. The molecule has 0 amide bonds. The molecule has 23 heavy (non-hydrogen) atoms. The van der Waals surface area contributed by atoms with Crippen LogP contribution < -0.4 is 4.72 Å². The monoisotopic (exact) mass is 389 g/mol. The van der Waals surface area contributed by atoms with Gasteiger partial charge in [-0.05, 0) is 36.4 Å². The lowest BCUT2D eigenvalue weighted by molar-refractivity contribution is 0.193. The maximum atomic E-state index is 12.1. The summed E-state index contributed by atoms with van der Waals surface area (Å²) in [5, 5.41) is 10.2. The van der Waals surface area contributed by atoms with Crippen LogP contribution in [-0.2, 0) is 16.6 Å². The van der Waals surface area contributed by atoms with E-state index in [1.54, 1.807) is 30.3 Å². The van der Waals surface area contributed by atoms with E-state index in [0.29, 0.717) is 15.0 Å². The van der Waals surface area contributed by atoms with Crippen LogP contribution in [-0.4, -0.2) is 13.5 Å². The highest BCUT2D eigenvalue weighted by Gasteiger charge is 2.18. The summed E-state index contributed by atoms with van der Waals surface area (Å²) >= 11 is 8.09. The highest BCUT2D eigenvalue weighted by atomic mass is 35.5. The van der Waals surface area contributed by atoms with Gasteiger partial charge in [-0.15, -0.1) is 22.7 Å². The number of rotatable bonds is 6. The molecule has 0 saturated heterocycles. The minimum Gasteiger partial charge on any atom is -0.466 e. The number of aliphatic hydroxyl groups is 1. The summed E-state index contributed by atoms with van der Waals surface area (Å²) in [6, 6.07) is 9.93. The summed E-state index contributed by atoms with van der Waals surface area (Å²) in [6.45, 7) is 0.146. The topological polar surface area (TPSA) is 79.5 Å². The first-order chi connectivity index (χ1) is 11.0. The van der Waals surface area contributed by atoms with Crippen LogP contribution in [0, 0.1) is 0 Å². The summed E-state index contributed by atoms with van der Waals surface area (Å²) in [6.07, 6.45) is 0.643. The second-order valence-corrected chi connectivity index (χ2v) is 9.51. The highest BCUT2D eigenvalue weighted by molar-refractivity contribution is 7.91. The number of thiophene rings is 2. The summed E-state index contributed by atoms with van der Waals surface area (Å²) in [4.78, 5) is 1.48. The van der Waals surface area contributed by atoms with Crippen LogP contribution in [0.25, 0.3) is 0 Å². The van der Waals surface area contributed by atoms with E-state index >= 15 is 0 Å². The van der Waals surface area contributed by atoms with E-state index < -0.39 is 16.1 Å². The van der Waals surface area contributed by atoms with E-state index in [1.165, 1.54) is 23.7 Å². The van der Waals surface area contributed by atoms with Crippen LogP contribution in [0.1, 0.15) is 21.6 Å². The molecular formula is C14H12ClNO4S3. The molecule has 5 nitrogen and oxygen atoms in total. The van der Waals surface area contributed by atoms with Gasteiger partial charge in [0.15, 0.2) is 0 Å². The normalized spacial score (nSPS) is 13.3. The first kappa shape index (κ1) is 16.7. The van der Waals surface area contributed by atoms with Gasteiger partial charge in [0.25, 0.3) is 0 Å². The molecule has 3 rings (SSSR count). The minimum atomic E-state index is -3.58. The van der Waals surface area contributed by atoms with Crippen molar-refractivity contribution in [2.24, 2.45) is 0 Å². The van der Waals surface area contributed by atoms with E-state index in [2.05, 4.69) is 4.72 Å². The average molecular weight is 390 g/mol. The number of halogens is 1. The van der Waals surface area contributed by atoms with E-state index in [1.807, 2.05) is 0 Å². The molecule has 122 valence electrons. The molecule has 0 unspecified atom stereocenters. The second-order valence-electron chi connectivity index (χ2n) is 4.61. The SMILES string of the molecule is O=S(=O)(NCc1ccc([C@@H](O)c2ccco2)s1)c1ccc(Cl)s1. The van der Waals surface area contributed by atoms with Crippen molar-refractivity contribution in [1.82, 2.24) is 4.72 Å². The van der Waals surface area contributed by atoms with Gasteiger partial charge in [0.1, 0.15) is 16.1 Å². The molecule has 3 aromatic heterocycles. The van der Waals surface area contributed by atoms with Crippen molar-refractivity contribution in [1.29, 1.82) is 0 Å². The van der Waals surface area contributed by atoms with Crippen LogP contribution >= 0.6 is 34.3 Å². The lowest BCUT2D eigenvalue weighted by Gasteiger charge is -2.04. The number of furan rings is 1. The van der Waals surface area contributed by atoms with Gasteiger partial charge in [-0.1, -0.05) is 11.6 Å². The Labute approximate surface area is 146 Å². The van der Waals surface area contributed by atoms with Crippen LogP contribution in [0.5, 0.6) is 0 Å². The van der Waals surface area contributed by atoms with E-state index in [0.717, 1.165) is 16.2 Å². The molecule has 2 N–H and O–H groups in total. The number of aliphatic hydroxyl groups excluding tert-OH is 1. The Morgan fingerprint density at radius 2 is 2.04 bits per heavy atom. The first-order valence-corrected chi connectivity index (χ1v) is 10.0. The quantitative estimate of drug-likeness (QED) is 0.674. The molecule has 0 bridgehead atoms. The molecule has 3 aromatic rings. The standard InChI is InChI=1S/C14H12ClNO4S3/c15-12-5-6-13(22-12)23(18,19)16-8-9-3-4-11(21-9)14(17)10-2-1-7-20-10/h1-7,14,16-17H,8H2/t14-/m0/s1. The van der Waals surface area contributed by atoms with E-state index in [9.17, 15) is 13.5 Å². The third-order valence-electron chi connectivity index (χ3n) is 3.01. The fourth-order valence-electron chi connectivity index (χ4n) is 1.90. The molecule has 9 heteroatoms. The third-order valence-corrected chi connectivity index (χ3v) is 7.28. The van der Waals surface area contributed by atoms with Gasteiger partial charge >= 0.3 is 0 Å². The average Bonchev–Trinajstić information content (AvgIpc) is 3.25. The summed E-state index contributed by atoms with van der Waals surface area (Å²) in [7, 11) is -3.58. The Kier molecular flexibility index (Phi) is 4.90. The van der Waals surface area contributed by atoms with Crippen LogP contribution in [0.15, 0.2) is 51.3 Å². The van der Waals surface area contributed by atoms with Crippen molar-refractivity contribution >= 4 is 44.3 Å². The lowest BCUT2D eigenvalue weighted by Crippen LogP contribution is -2.21. The molecule has 0 radical (unpaired) electrons. The zero-order chi connectivity index (χ0) is 16.4. The van der Waals surface area contributed by atoms with Crippen molar-refractivity contribution in [2.45, 2.75) is 16.9 Å².